The highest BCUT2D eigenvalue weighted by Gasteiger charge is 2.35. The molecule has 0 saturated carbocycles. The summed E-state index contributed by atoms with van der Waals surface area (Å²) in [6.45, 7) is 9.08. The molecule has 0 aromatic heterocycles. The van der Waals surface area contributed by atoms with E-state index in [4.69, 9.17) is 10.5 Å². The zero-order valence-corrected chi connectivity index (χ0v) is 10.1. The van der Waals surface area contributed by atoms with Crippen molar-refractivity contribution in [3.63, 3.8) is 0 Å². The highest BCUT2D eigenvalue weighted by molar-refractivity contribution is 5.69. The summed E-state index contributed by atoms with van der Waals surface area (Å²) in [5, 5.41) is 0. The van der Waals surface area contributed by atoms with Crippen molar-refractivity contribution in [3.8, 4) is 0 Å². The summed E-state index contributed by atoms with van der Waals surface area (Å²) in [6.07, 6.45) is 0.766. The molecule has 0 aromatic rings. The molecule has 0 aliphatic carbocycles. The van der Waals surface area contributed by atoms with E-state index in [1.807, 2.05) is 27.7 Å². The van der Waals surface area contributed by atoms with Crippen molar-refractivity contribution in [2.75, 3.05) is 13.1 Å². The molecule has 2 N–H and O–H groups in total. The van der Waals surface area contributed by atoms with Gasteiger partial charge < -0.3 is 15.4 Å². The van der Waals surface area contributed by atoms with Gasteiger partial charge in [-0.1, -0.05) is 0 Å². The largest absolute Gasteiger partial charge is 0.444 e. The molecular formula is C11H22N2O2. The number of hydrogen-bond acceptors (Lipinski definition) is 3. The van der Waals surface area contributed by atoms with E-state index in [2.05, 4.69) is 0 Å². The standard InChI is InChI=1S/C11H22N2O2/c1-8-9(7-12)5-6-13(8)10(14)15-11(2,3)4/h8-9H,5-7,12H2,1-4H3/t8-,9-/m1/s1. The summed E-state index contributed by atoms with van der Waals surface area (Å²) in [7, 11) is 0. The van der Waals surface area contributed by atoms with E-state index in [1.54, 1.807) is 4.90 Å². The van der Waals surface area contributed by atoms with E-state index < -0.39 is 5.60 Å². The third-order valence-electron chi connectivity index (χ3n) is 2.85. The minimum absolute atomic E-state index is 0.199. The number of rotatable bonds is 1. The monoisotopic (exact) mass is 214 g/mol. The molecule has 1 saturated heterocycles. The van der Waals surface area contributed by atoms with E-state index in [-0.39, 0.29) is 12.1 Å². The predicted octanol–water partition coefficient (Wildman–Crippen LogP) is 1.59. The summed E-state index contributed by atoms with van der Waals surface area (Å²) >= 11 is 0. The van der Waals surface area contributed by atoms with Crippen LogP contribution in [0.2, 0.25) is 0 Å². The number of carbonyl (C=O) groups is 1. The summed E-state index contributed by atoms with van der Waals surface area (Å²) in [6, 6.07) is 0.199. The van der Waals surface area contributed by atoms with E-state index in [0.717, 1.165) is 13.0 Å². The van der Waals surface area contributed by atoms with Crippen LogP contribution in [0, 0.1) is 5.92 Å². The summed E-state index contributed by atoms with van der Waals surface area (Å²) in [5.74, 6) is 0.414. The second-order valence-corrected chi connectivity index (χ2v) is 5.20. The molecular weight excluding hydrogens is 192 g/mol. The molecule has 2 atom stereocenters. The van der Waals surface area contributed by atoms with Gasteiger partial charge in [0.1, 0.15) is 5.60 Å². The molecule has 0 unspecified atom stereocenters. The van der Waals surface area contributed by atoms with E-state index in [9.17, 15) is 4.79 Å². The average molecular weight is 214 g/mol. The van der Waals surface area contributed by atoms with Gasteiger partial charge in [-0.3, -0.25) is 0 Å². The first-order valence-corrected chi connectivity index (χ1v) is 5.55. The topological polar surface area (TPSA) is 55.6 Å². The Morgan fingerprint density at radius 2 is 2.13 bits per heavy atom. The van der Waals surface area contributed by atoms with E-state index in [1.165, 1.54) is 0 Å². The van der Waals surface area contributed by atoms with Gasteiger partial charge in [-0.25, -0.2) is 4.79 Å². The lowest BCUT2D eigenvalue weighted by molar-refractivity contribution is 0.0224. The Labute approximate surface area is 91.8 Å². The number of nitrogens with zero attached hydrogens (tertiary/aromatic N) is 1. The van der Waals surface area contributed by atoms with Gasteiger partial charge in [0, 0.05) is 12.6 Å². The van der Waals surface area contributed by atoms with Gasteiger partial charge in [0.05, 0.1) is 0 Å². The van der Waals surface area contributed by atoms with Crippen molar-refractivity contribution in [3.05, 3.63) is 0 Å². The zero-order valence-electron chi connectivity index (χ0n) is 10.1. The maximum absolute atomic E-state index is 11.8. The first-order valence-electron chi connectivity index (χ1n) is 5.55. The second-order valence-electron chi connectivity index (χ2n) is 5.20. The van der Waals surface area contributed by atoms with Gasteiger partial charge in [-0.05, 0) is 46.6 Å². The number of carbonyl (C=O) groups excluding carboxylic acids is 1. The molecule has 1 fully saturated rings. The van der Waals surface area contributed by atoms with Crippen molar-refractivity contribution < 1.29 is 9.53 Å². The van der Waals surface area contributed by atoms with Crippen LogP contribution in [0.3, 0.4) is 0 Å². The lowest BCUT2D eigenvalue weighted by Gasteiger charge is -2.28. The molecule has 0 aromatic carbocycles. The smallest absolute Gasteiger partial charge is 0.410 e. The fourth-order valence-corrected chi connectivity index (χ4v) is 1.90. The first-order chi connectivity index (χ1) is 6.85. The molecule has 1 aliphatic heterocycles. The molecule has 0 spiro atoms. The van der Waals surface area contributed by atoms with Crippen LogP contribution in [0.15, 0.2) is 0 Å². The van der Waals surface area contributed by atoms with Gasteiger partial charge in [-0.2, -0.15) is 0 Å². The molecule has 4 heteroatoms. The van der Waals surface area contributed by atoms with Crippen molar-refractivity contribution >= 4 is 6.09 Å². The Morgan fingerprint density at radius 3 is 2.53 bits per heavy atom. The SMILES string of the molecule is C[C@@H]1[C@@H](CN)CCN1C(=O)OC(C)(C)C. The third kappa shape index (κ3) is 3.09. The lowest BCUT2D eigenvalue weighted by Crippen LogP contribution is -2.40. The maximum atomic E-state index is 11.8. The van der Waals surface area contributed by atoms with Crippen molar-refractivity contribution in [2.24, 2.45) is 11.7 Å². The van der Waals surface area contributed by atoms with Crippen LogP contribution in [-0.2, 0) is 4.74 Å². The highest BCUT2D eigenvalue weighted by atomic mass is 16.6. The van der Waals surface area contributed by atoms with Gasteiger partial charge >= 0.3 is 6.09 Å². The van der Waals surface area contributed by atoms with Crippen LogP contribution in [0.5, 0.6) is 0 Å². The highest BCUT2D eigenvalue weighted by Crippen LogP contribution is 2.24. The van der Waals surface area contributed by atoms with Crippen LogP contribution in [0.25, 0.3) is 0 Å². The fourth-order valence-electron chi connectivity index (χ4n) is 1.90. The zero-order chi connectivity index (χ0) is 11.6. The van der Waals surface area contributed by atoms with Gasteiger partial charge in [0.2, 0.25) is 0 Å². The van der Waals surface area contributed by atoms with Crippen LogP contribution >= 0.6 is 0 Å². The molecule has 0 radical (unpaired) electrons. The van der Waals surface area contributed by atoms with E-state index in [0.29, 0.717) is 12.5 Å². The fraction of sp³-hybridized carbons (Fsp3) is 0.909. The lowest BCUT2D eigenvalue weighted by atomic mass is 10.0. The molecule has 15 heavy (non-hydrogen) atoms. The van der Waals surface area contributed by atoms with Crippen LogP contribution < -0.4 is 5.73 Å². The van der Waals surface area contributed by atoms with E-state index >= 15 is 0 Å². The Kier molecular flexibility index (Phi) is 3.60. The van der Waals surface area contributed by atoms with Gasteiger partial charge in [-0.15, -0.1) is 0 Å². The molecule has 1 amide bonds. The Hall–Kier alpha value is -0.770. The van der Waals surface area contributed by atoms with Crippen LogP contribution in [-0.4, -0.2) is 35.7 Å². The summed E-state index contributed by atoms with van der Waals surface area (Å²) in [4.78, 5) is 13.6. The minimum atomic E-state index is -0.419. The molecule has 4 nitrogen and oxygen atoms in total. The van der Waals surface area contributed by atoms with Crippen molar-refractivity contribution in [1.82, 2.24) is 4.90 Å². The van der Waals surface area contributed by atoms with Gasteiger partial charge in [0.15, 0.2) is 0 Å². The summed E-state index contributed by atoms with van der Waals surface area (Å²) in [5.41, 5.74) is 5.22. The summed E-state index contributed by atoms with van der Waals surface area (Å²) < 4.78 is 5.33. The number of hydrogen-bond donors (Lipinski definition) is 1. The molecule has 1 heterocycles. The van der Waals surface area contributed by atoms with Crippen molar-refractivity contribution in [2.45, 2.75) is 45.8 Å². The predicted molar refractivity (Wildman–Crippen MR) is 59.6 cm³/mol. The van der Waals surface area contributed by atoms with Crippen LogP contribution in [0.4, 0.5) is 4.79 Å². The molecule has 1 aliphatic rings. The Morgan fingerprint density at radius 1 is 1.53 bits per heavy atom. The maximum Gasteiger partial charge on any atom is 0.410 e. The minimum Gasteiger partial charge on any atom is -0.444 e. The quantitative estimate of drug-likeness (QED) is 0.721. The Balaban J connectivity index is 2.55. The Bertz CT molecular complexity index is 235. The van der Waals surface area contributed by atoms with Gasteiger partial charge in [0.25, 0.3) is 0 Å². The second kappa shape index (κ2) is 4.39. The first kappa shape index (κ1) is 12.3. The third-order valence-corrected chi connectivity index (χ3v) is 2.85. The molecule has 0 bridgehead atoms. The van der Waals surface area contributed by atoms with Crippen LogP contribution in [0.1, 0.15) is 34.1 Å². The molecule has 88 valence electrons. The number of likely N-dealkylation sites (tertiary alicyclic amines) is 1. The van der Waals surface area contributed by atoms with Crippen molar-refractivity contribution in [1.29, 1.82) is 0 Å². The average Bonchev–Trinajstić information content (AvgIpc) is 2.43. The number of amides is 1. The molecule has 1 rings (SSSR count). The normalized spacial score (nSPS) is 26.9. The number of nitrogens with two attached hydrogens (primary N) is 1. The number of ether oxygens (including phenoxy) is 1.